The van der Waals surface area contributed by atoms with E-state index >= 15 is 0 Å². The van der Waals surface area contributed by atoms with E-state index in [-0.39, 0.29) is 25.0 Å². The van der Waals surface area contributed by atoms with E-state index in [0.29, 0.717) is 5.56 Å². The number of amides is 3. The molecule has 0 saturated carbocycles. The van der Waals surface area contributed by atoms with Crippen LogP contribution in [0.3, 0.4) is 0 Å². The largest absolute Gasteiger partial charge is 0.508 e. The topological polar surface area (TPSA) is 224 Å². The van der Waals surface area contributed by atoms with E-state index in [9.17, 15) is 39.3 Å². The van der Waals surface area contributed by atoms with Crippen molar-refractivity contribution in [3.05, 3.63) is 65.9 Å². The molecule has 3 aromatic rings. The zero-order chi connectivity index (χ0) is 31.7. The molecule has 230 valence electrons. The highest BCUT2D eigenvalue weighted by Gasteiger charge is 2.32. The summed E-state index contributed by atoms with van der Waals surface area (Å²) in [5.41, 5.74) is 8.36. The fourth-order valence-corrected chi connectivity index (χ4v) is 4.56. The van der Waals surface area contributed by atoms with Gasteiger partial charge in [0, 0.05) is 29.9 Å². The van der Waals surface area contributed by atoms with Crippen molar-refractivity contribution in [2.24, 2.45) is 11.7 Å². The van der Waals surface area contributed by atoms with Gasteiger partial charge in [0.15, 0.2) is 0 Å². The van der Waals surface area contributed by atoms with Crippen LogP contribution >= 0.6 is 0 Å². The van der Waals surface area contributed by atoms with Gasteiger partial charge in [-0.15, -0.1) is 0 Å². The number of phenolic OH excluding ortho intramolecular Hbond substituents is 1. The van der Waals surface area contributed by atoms with Crippen molar-refractivity contribution in [3.8, 4) is 5.75 Å². The number of hydrogen-bond acceptors (Lipinski definition) is 7. The molecule has 0 aliphatic carbocycles. The molecule has 2 aromatic carbocycles. The Morgan fingerprint density at radius 3 is 2.09 bits per heavy atom. The number of nitrogens with two attached hydrogens (primary N) is 1. The molecule has 3 rings (SSSR count). The predicted molar refractivity (Wildman–Crippen MR) is 157 cm³/mol. The molecule has 0 aliphatic rings. The van der Waals surface area contributed by atoms with Crippen LogP contribution in [0.4, 0.5) is 0 Å². The van der Waals surface area contributed by atoms with Gasteiger partial charge >= 0.3 is 11.9 Å². The van der Waals surface area contributed by atoms with Gasteiger partial charge in [-0.2, -0.15) is 0 Å². The summed E-state index contributed by atoms with van der Waals surface area (Å²) in [4.78, 5) is 65.8. The Balaban J connectivity index is 1.79. The Labute approximate surface area is 247 Å². The van der Waals surface area contributed by atoms with Gasteiger partial charge in [0.2, 0.25) is 17.7 Å². The van der Waals surface area contributed by atoms with Crippen LogP contribution in [0.1, 0.15) is 37.8 Å². The number of para-hydroxylation sites is 1. The molecule has 0 saturated heterocycles. The van der Waals surface area contributed by atoms with Crippen LogP contribution in [-0.4, -0.2) is 74.1 Å². The first-order valence-corrected chi connectivity index (χ1v) is 13.8. The number of H-pyrrole nitrogens is 1. The molecule has 1 heterocycles. The van der Waals surface area contributed by atoms with Crippen molar-refractivity contribution in [2.45, 2.75) is 63.7 Å². The normalized spacial score (nSPS) is 14.0. The van der Waals surface area contributed by atoms with Gasteiger partial charge in [-0.1, -0.05) is 44.2 Å². The molecule has 4 atom stereocenters. The molecule has 4 unspecified atom stereocenters. The lowest BCUT2D eigenvalue weighted by atomic mass is 10.0. The summed E-state index contributed by atoms with van der Waals surface area (Å²) in [5.74, 6) is -5.26. The van der Waals surface area contributed by atoms with E-state index < -0.39 is 66.2 Å². The Hall–Kier alpha value is -4.91. The third-order valence-corrected chi connectivity index (χ3v) is 6.97. The minimum atomic E-state index is -1.35. The fraction of sp³-hybridized carbons (Fsp3) is 0.367. The minimum Gasteiger partial charge on any atom is -0.508 e. The third kappa shape index (κ3) is 9.30. The monoisotopic (exact) mass is 595 g/mol. The summed E-state index contributed by atoms with van der Waals surface area (Å²) in [6, 6.07) is 8.37. The highest BCUT2D eigenvalue weighted by molar-refractivity contribution is 5.94. The SMILES string of the molecule is CC(C)C(NC(=O)C(Cc1ccc(O)cc1)NC(=O)C(CCC(=O)O)NC(=O)C(N)Cc1c[nH]c2ccccc12)C(=O)O. The number of carbonyl (C=O) groups is 5. The average molecular weight is 596 g/mol. The molecule has 0 fully saturated rings. The average Bonchev–Trinajstić information content (AvgIpc) is 3.36. The Bertz CT molecular complexity index is 1450. The number of aliphatic carboxylic acids is 2. The zero-order valence-corrected chi connectivity index (χ0v) is 23.9. The van der Waals surface area contributed by atoms with Crippen LogP contribution in [0.25, 0.3) is 10.9 Å². The van der Waals surface area contributed by atoms with Crippen molar-refractivity contribution >= 4 is 40.6 Å². The quantitative estimate of drug-likeness (QED) is 0.125. The van der Waals surface area contributed by atoms with E-state index in [2.05, 4.69) is 20.9 Å². The van der Waals surface area contributed by atoms with Crippen molar-refractivity contribution in [2.75, 3.05) is 0 Å². The van der Waals surface area contributed by atoms with E-state index in [1.807, 2.05) is 24.3 Å². The molecule has 1 aromatic heterocycles. The van der Waals surface area contributed by atoms with Gasteiger partial charge in [-0.3, -0.25) is 19.2 Å². The number of hydrogen-bond donors (Lipinski definition) is 8. The third-order valence-electron chi connectivity index (χ3n) is 6.97. The number of fused-ring (bicyclic) bond motifs is 1. The molecule has 3 amide bonds. The number of carboxylic acid groups (broad SMARTS) is 2. The van der Waals surface area contributed by atoms with E-state index in [1.54, 1.807) is 20.0 Å². The first-order valence-electron chi connectivity index (χ1n) is 13.8. The van der Waals surface area contributed by atoms with E-state index in [0.717, 1.165) is 16.5 Å². The molecule has 0 spiro atoms. The van der Waals surface area contributed by atoms with E-state index in [4.69, 9.17) is 5.73 Å². The Morgan fingerprint density at radius 2 is 1.47 bits per heavy atom. The molecule has 9 N–H and O–H groups in total. The summed E-state index contributed by atoms with van der Waals surface area (Å²) in [5, 5.41) is 36.8. The van der Waals surface area contributed by atoms with Crippen LogP contribution in [0.5, 0.6) is 5.75 Å². The second-order valence-electron chi connectivity index (χ2n) is 10.7. The number of rotatable bonds is 15. The second kappa shape index (κ2) is 14.8. The first-order chi connectivity index (χ1) is 20.3. The highest BCUT2D eigenvalue weighted by Crippen LogP contribution is 2.19. The number of aromatic hydroxyl groups is 1. The molecular weight excluding hydrogens is 558 g/mol. The maximum Gasteiger partial charge on any atom is 0.326 e. The summed E-state index contributed by atoms with van der Waals surface area (Å²) in [6.07, 6.45) is 1.05. The number of carboxylic acids is 2. The molecular formula is C30H37N5O8. The smallest absolute Gasteiger partial charge is 0.326 e. The van der Waals surface area contributed by atoms with Gasteiger partial charge in [0.05, 0.1) is 6.04 Å². The zero-order valence-electron chi connectivity index (χ0n) is 23.9. The van der Waals surface area contributed by atoms with Crippen LogP contribution < -0.4 is 21.7 Å². The van der Waals surface area contributed by atoms with Crippen LogP contribution in [0, 0.1) is 5.92 Å². The van der Waals surface area contributed by atoms with Crippen molar-refractivity contribution < 1.29 is 39.3 Å². The first kappa shape index (κ1) is 32.6. The molecule has 13 nitrogen and oxygen atoms in total. The van der Waals surface area contributed by atoms with Crippen molar-refractivity contribution in [1.29, 1.82) is 0 Å². The molecule has 0 aliphatic heterocycles. The minimum absolute atomic E-state index is 0.0139. The Morgan fingerprint density at radius 1 is 0.837 bits per heavy atom. The fourth-order valence-electron chi connectivity index (χ4n) is 4.56. The van der Waals surface area contributed by atoms with Crippen LogP contribution in [0.15, 0.2) is 54.7 Å². The van der Waals surface area contributed by atoms with Crippen LogP contribution in [0.2, 0.25) is 0 Å². The Kier molecular flexibility index (Phi) is 11.2. The summed E-state index contributed by atoms with van der Waals surface area (Å²) >= 11 is 0. The van der Waals surface area contributed by atoms with E-state index in [1.165, 1.54) is 24.3 Å². The lowest BCUT2D eigenvalue weighted by Crippen LogP contribution is -2.58. The number of nitrogens with one attached hydrogen (secondary N) is 4. The van der Waals surface area contributed by atoms with Crippen molar-refractivity contribution in [3.63, 3.8) is 0 Å². The van der Waals surface area contributed by atoms with Gasteiger partial charge in [0.25, 0.3) is 0 Å². The van der Waals surface area contributed by atoms with Gasteiger partial charge in [0.1, 0.15) is 23.9 Å². The molecule has 0 bridgehead atoms. The molecule has 13 heteroatoms. The standard InChI is InChI=1S/C30H37N5O8/c1-16(2)26(30(42)43)35-29(41)24(13-17-7-9-19(36)10-8-17)34-28(40)23(11-12-25(37)38)33-27(39)21(31)14-18-15-32-22-6-4-3-5-20(18)22/h3-10,15-16,21,23-24,26,32,36H,11-14,31H2,1-2H3,(H,33,39)(H,34,40)(H,35,41)(H,37,38)(H,42,43). The highest BCUT2D eigenvalue weighted by atomic mass is 16.4. The van der Waals surface area contributed by atoms with Gasteiger partial charge in [-0.05, 0) is 48.1 Å². The summed E-state index contributed by atoms with van der Waals surface area (Å²) in [6.45, 7) is 3.23. The van der Waals surface area contributed by atoms with Crippen LogP contribution in [-0.2, 0) is 36.8 Å². The number of aromatic nitrogens is 1. The number of carbonyl (C=O) groups excluding carboxylic acids is 3. The maximum absolute atomic E-state index is 13.4. The second-order valence-corrected chi connectivity index (χ2v) is 10.7. The predicted octanol–water partition coefficient (Wildman–Crippen LogP) is 1.05. The number of phenols is 1. The maximum atomic E-state index is 13.4. The summed E-state index contributed by atoms with van der Waals surface area (Å²) < 4.78 is 0. The number of aromatic amines is 1. The lowest BCUT2D eigenvalue weighted by Gasteiger charge is -2.26. The van der Waals surface area contributed by atoms with Gasteiger partial charge < -0.3 is 42.0 Å². The van der Waals surface area contributed by atoms with Crippen molar-refractivity contribution in [1.82, 2.24) is 20.9 Å². The molecule has 43 heavy (non-hydrogen) atoms. The lowest BCUT2D eigenvalue weighted by molar-refractivity contribution is -0.143. The summed E-state index contributed by atoms with van der Waals surface area (Å²) in [7, 11) is 0. The molecule has 0 radical (unpaired) electrons. The number of benzene rings is 2. The van der Waals surface area contributed by atoms with Gasteiger partial charge in [-0.25, -0.2) is 4.79 Å².